The van der Waals surface area contributed by atoms with E-state index < -0.39 is 0 Å². The van der Waals surface area contributed by atoms with Gasteiger partial charge in [-0.1, -0.05) is 60.5 Å². The molecule has 0 aliphatic heterocycles. The third-order valence-corrected chi connectivity index (χ3v) is 5.54. The summed E-state index contributed by atoms with van der Waals surface area (Å²) in [5, 5.41) is 4.11. The van der Waals surface area contributed by atoms with E-state index in [1.54, 1.807) is 24.7 Å². The largest absolute Gasteiger partial charge is 0.345 e. The fraction of sp³-hybridized carbons (Fsp3) is 0.174. The minimum Gasteiger partial charge on any atom is -0.345 e. The van der Waals surface area contributed by atoms with Gasteiger partial charge < -0.3 is 9.88 Å². The van der Waals surface area contributed by atoms with Crippen LogP contribution >= 0.6 is 23.2 Å². The number of rotatable bonds is 6. The number of halogens is 2. The number of aromatic nitrogens is 3. The smallest absolute Gasteiger partial charge is 0.251 e. The molecule has 5 nitrogen and oxygen atoms in total. The average Bonchev–Trinajstić information content (AvgIpc) is 3.16. The second-order valence-corrected chi connectivity index (χ2v) is 7.85. The summed E-state index contributed by atoms with van der Waals surface area (Å²) in [6.07, 6.45) is 4.10. The maximum Gasteiger partial charge on any atom is 0.251 e. The van der Waals surface area contributed by atoms with Gasteiger partial charge in [0.2, 0.25) is 0 Å². The van der Waals surface area contributed by atoms with Crippen molar-refractivity contribution in [2.45, 2.75) is 25.9 Å². The summed E-state index contributed by atoms with van der Waals surface area (Å²) in [5.41, 5.74) is 4.00. The van der Waals surface area contributed by atoms with Gasteiger partial charge >= 0.3 is 0 Å². The standard InChI is InChI=1S/C23H20Cl2N4O/c1-2-19(15-6-4-3-5-7-15)28-23(30)16-8-9-22-20(10-16)27-14-29(22)13-21-18(25)11-17(24)12-26-21/h3-12,14,19H,2,13H2,1H3,(H,28,30)/t19-/m1/s1. The SMILES string of the molecule is CC[C@@H](NC(=O)c1ccc2c(c1)ncn2Cc1ncc(Cl)cc1Cl)c1ccccc1. The number of nitrogens with one attached hydrogen (secondary N) is 1. The first-order valence-corrected chi connectivity index (χ1v) is 10.4. The Morgan fingerprint density at radius 2 is 1.90 bits per heavy atom. The lowest BCUT2D eigenvalue weighted by Crippen LogP contribution is -2.28. The normalized spacial score (nSPS) is 12.1. The third-order valence-electron chi connectivity index (χ3n) is 5.00. The van der Waals surface area contributed by atoms with Crippen molar-refractivity contribution in [3.63, 3.8) is 0 Å². The number of fused-ring (bicyclic) bond motifs is 1. The average molecular weight is 439 g/mol. The summed E-state index contributed by atoms with van der Waals surface area (Å²) in [5.74, 6) is -0.121. The number of hydrogen-bond donors (Lipinski definition) is 1. The van der Waals surface area contributed by atoms with Crippen LogP contribution in [0.2, 0.25) is 10.0 Å². The summed E-state index contributed by atoms with van der Waals surface area (Å²) < 4.78 is 1.94. The Morgan fingerprint density at radius 3 is 2.63 bits per heavy atom. The van der Waals surface area contributed by atoms with Gasteiger partial charge in [0.1, 0.15) is 0 Å². The number of amides is 1. The number of nitrogens with zero attached hydrogens (tertiary/aromatic N) is 3. The Balaban J connectivity index is 1.55. The van der Waals surface area contributed by atoms with E-state index in [9.17, 15) is 4.79 Å². The van der Waals surface area contributed by atoms with Crippen LogP contribution < -0.4 is 5.32 Å². The number of carbonyl (C=O) groups excluding carboxylic acids is 1. The first kappa shape index (κ1) is 20.4. The number of benzene rings is 2. The quantitative estimate of drug-likeness (QED) is 0.421. The van der Waals surface area contributed by atoms with Crippen molar-refractivity contribution >= 4 is 40.1 Å². The Labute approximate surface area is 184 Å². The van der Waals surface area contributed by atoms with Crippen molar-refractivity contribution < 1.29 is 4.79 Å². The van der Waals surface area contributed by atoms with Gasteiger partial charge in [-0.05, 0) is 36.2 Å². The molecule has 2 aromatic heterocycles. The predicted octanol–water partition coefficient (Wildman–Crippen LogP) is 5.67. The zero-order valence-electron chi connectivity index (χ0n) is 16.3. The van der Waals surface area contributed by atoms with Crippen LogP contribution in [0.1, 0.15) is 41.0 Å². The van der Waals surface area contributed by atoms with Crippen molar-refractivity contribution in [1.29, 1.82) is 0 Å². The van der Waals surface area contributed by atoms with Crippen molar-refractivity contribution in [3.05, 3.63) is 94.0 Å². The van der Waals surface area contributed by atoms with Crippen LogP contribution in [0, 0.1) is 0 Å². The second kappa shape index (κ2) is 8.86. The number of carbonyl (C=O) groups is 1. The molecule has 0 radical (unpaired) electrons. The van der Waals surface area contributed by atoms with E-state index in [2.05, 4.69) is 22.2 Å². The van der Waals surface area contributed by atoms with E-state index in [0.29, 0.717) is 27.8 Å². The van der Waals surface area contributed by atoms with Gasteiger partial charge in [-0.3, -0.25) is 9.78 Å². The van der Waals surface area contributed by atoms with E-state index >= 15 is 0 Å². The molecule has 0 saturated carbocycles. The van der Waals surface area contributed by atoms with Crippen molar-refractivity contribution in [1.82, 2.24) is 19.9 Å². The molecular weight excluding hydrogens is 419 g/mol. The molecule has 0 aliphatic rings. The van der Waals surface area contributed by atoms with Crippen LogP contribution in [0.15, 0.2) is 67.1 Å². The summed E-state index contributed by atoms with van der Waals surface area (Å²) in [4.78, 5) is 21.6. The van der Waals surface area contributed by atoms with Gasteiger partial charge in [0, 0.05) is 11.8 Å². The van der Waals surface area contributed by atoms with Gasteiger partial charge in [0.25, 0.3) is 5.91 Å². The van der Waals surface area contributed by atoms with Crippen molar-refractivity contribution in [3.8, 4) is 0 Å². The number of imidazole rings is 1. The Hall–Kier alpha value is -2.89. The van der Waals surface area contributed by atoms with Crippen molar-refractivity contribution in [2.75, 3.05) is 0 Å². The van der Waals surface area contributed by atoms with E-state index in [1.165, 1.54) is 0 Å². The van der Waals surface area contributed by atoms with Crippen LogP contribution in [0.25, 0.3) is 11.0 Å². The zero-order chi connectivity index (χ0) is 21.1. The van der Waals surface area contributed by atoms with Gasteiger partial charge in [-0.15, -0.1) is 0 Å². The van der Waals surface area contributed by atoms with Gasteiger partial charge in [-0.2, -0.15) is 0 Å². The fourth-order valence-electron chi connectivity index (χ4n) is 3.40. The monoisotopic (exact) mass is 438 g/mol. The van der Waals surface area contributed by atoms with E-state index in [-0.39, 0.29) is 11.9 Å². The summed E-state index contributed by atoms with van der Waals surface area (Å²) in [6.45, 7) is 2.52. The Kier molecular flexibility index (Phi) is 6.02. The van der Waals surface area contributed by atoms with Crippen LogP contribution in [-0.4, -0.2) is 20.4 Å². The van der Waals surface area contributed by atoms with E-state index in [1.807, 2.05) is 47.0 Å². The molecule has 4 aromatic rings. The molecule has 0 aliphatic carbocycles. The Bertz CT molecular complexity index is 1190. The highest BCUT2D eigenvalue weighted by Crippen LogP contribution is 2.22. The molecule has 30 heavy (non-hydrogen) atoms. The second-order valence-electron chi connectivity index (χ2n) is 7.00. The van der Waals surface area contributed by atoms with Gasteiger partial charge in [-0.25, -0.2) is 4.98 Å². The van der Waals surface area contributed by atoms with Gasteiger partial charge in [0.05, 0.1) is 45.7 Å². The molecule has 1 amide bonds. The highest BCUT2D eigenvalue weighted by atomic mass is 35.5. The molecule has 0 saturated heterocycles. The Morgan fingerprint density at radius 1 is 1.10 bits per heavy atom. The maximum absolute atomic E-state index is 12.8. The minimum absolute atomic E-state index is 0.0370. The molecule has 7 heteroatoms. The van der Waals surface area contributed by atoms with E-state index in [4.69, 9.17) is 23.2 Å². The lowest BCUT2D eigenvalue weighted by molar-refractivity contribution is 0.0935. The van der Waals surface area contributed by atoms with Crippen molar-refractivity contribution in [2.24, 2.45) is 0 Å². The molecule has 1 atom stereocenters. The molecule has 2 aromatic carbocycles. The summed E-state index contributed by atoms with van der Waals surface area (Å²) in [6, 6.07) is 17.1. The summed E-state index contributed by atoms with van der Waals surface area (Å²) >= 11 is 12.2. The molecule has 1 N–H and O–H groups in total. The molecule has 0 spiro atoms. The first-order valence-electron chi connectivity index (χ1n) is 9.65. The molecule has 152 valence electrons. The highest BCUT2D eigenvalue weighted by Gasteiger charge is 2.15. The van der Waals surface area contributed by atoms with Crippen LogP contribution in [0.3, 0.4) is 0 Å². The fourth-order valence-corrected chi connectivity index (χ4v) is 3.84. The molecular formula is C23H20Cl2N4O. The molecule has 0 fully saturated rings. The zero-order valence-corrected chi connectivity index (χ0v) is 17.9. The molecule has 0 bridgehead atoms. The van der Waals surface area contributed by atoms with E-state index in [0.717, 1.165) is 23.0 Å². The van der Waals surface area contributed by atoms with Crippen LogP contribution in [0.5, 0.6) is 0 Å². The lowest BCUT2D eigenvalue weighted by atomic mass is 10.0. The third kappa shape index (κ3) is 4.32. The summed E-state index contributed by atoms with van der Waals surface area (Å²) in [7, 11) is 0. The van der Waals surface area contributed by atoms with Crippen LogP contribution in [-0.2, 0) is 6.54 Å². The first-order chi connectivity index (χ1) is 14.5. The lowest BCUT2D eigenvalue weighted by Gasteiger charge is -2.17. The molecule has 4 rings (SSSR count). The van der Waals surface area contributed by atoms with Crippen LogP contribution in [0.4, 0.5) is 0 Å². The topological polar surface area (TPSA) is 59.8 Å². The highest BCUT2D eigenvalue weighted by molar-refractivity contribution is 6.34. The predicted molar refractivity (Wildman–Crippen MR) is 120 cm³/mol. The molecule has 0 unspecified atom stereocenters. The minimum atomic E-state index is -0.121. The maximum atomic E-state index is 12.8. The van der Waals surface area contributed by atoms with Gasteiger partial charge in [0.15, 0.2) is 0 Å². The molecule has 2 heterocycles. The number of hydrogen-bond acceptors (Lipinski definition) is 3. The number of pyridine rings is 1.